The zero-order valence-electron chi connectivity index (χ0n) is 12.4. The van der Waals surface area contributed by atoms with E-state index in [1.807, 2.05) is 47.8 Å². The van der Waals surface area contributed by atoms with E-state index in [1.165, 1.54) is 4.31 Å². The molecule has 1 aromatic heterocycles. The molecule has 1 N–H and O–H groups in total. The van der Waals surface area contributed by atoms with Crippen LogP contribution in [0.2, 0.25) is 0 Å². The van der Waals surface area contributed by atoms with Gasteiger partial charge in [0.15, 0.2) is 0 Å². The summed E-state index contributed by atoms with van der Waals surface area (Å²) in [5, 5.41) is 1.94. The minimum Gasteiger partial charge on any atom is -0.383 e. The highest BCUT2D eigenvalue weighted by Gasteiger charge is 2.21. The molecular formula is C15H20N2O3S2. The molecule has 0 radical (unpaired) electrons. The quantitative estimate of drug-likeness (QED) is 0.761. The van der Waals surface area contributed by atoms with Gasteiger partial charge in [-0.1, -0.05) is 36.4 Å². The topological polar surface area (TPSA) is 58.6 Å². The Bertz CT molecular complexity index is 643. The Morgan fingerprint density at radius 2 is 1.95 bits per heavy atom. The second kappa shape index (κ2) is 8.40. The summed E-state index contributed by atoms with van der Waals surface area (Å²) >= 11 is 1.54. The summed E-state index contributed by atoms with van der Waals surface area (Å²) in [5.41, 5.74) is 0.925. The molecule has 0 aliphatic heterocycles. The number of methoxy groups -OCH3 is 1. The molecule has 0 aliphatic carbocycles. The van der Waals surface area contributed by atoms with Gasteiger partial charge in [0.2, 0.25) is 0 Å². The molecule has 0 amide bonds. The maximum absolute atomic E-state index is 12.5. The molecule has 0 saturated heterocycles. The van der Waals surface area contributed by atoms with Gasteiger partial charge < -0.3 is 4.74 Å². The number of hydrogen-bond donors (Lipinski definition) is 1. The molecule has 5 nitrogen and oxygen atoms in total. The molecule has 0 spiro atoms. The van der Waals surface area contributed by atoms with Crippen LogP contribution in [0.5, 0.6) is 0 Å². The highest BCUT2D eigenvalue weighted by Crippen LogP contribution is 2.14. The van der Waals surface area contributed by atoms with Gasteiger partial charge in [0, 0.05) is 31.6 Å². The van der Waals surface area contributed by atoms with E-state index in [4.69, 9.17) is 4.74 Å². The lowest BCUT2D eigenvalue weighted by Gasteiger charge is -2.21. The first-order valence-electron chi connectivity index (χ1n) is 6.92. The second-order valence-corrected chi connectivity index (χ2v) is 7.50. The molecule has 22 heavy (non-hydrogen) atoms. The van der Waals surface area contributed by atoms with Gasteiger partial charge in [-0.05, 0) is 17.0 Å². The minimum absolute atomic E-state index is 0.275. The van der Waals surface area contributed by atoms with Gasteiger partial charge >= 0.3 is 0 Å². The number of ether oxygens (including phenoxy) is 1. The summed E-state index contributed by atoms with van der Waals surface area (Å²) < 4.78 is 34.1. The lowest BCUT2D eigenvalue weighted by Crippen LogP contribution is -2.41. The third-order valence-corrected chi connectivity index (χ3v) is 5.46. The van der Waals surface area contributed by atoms with E-state index in [1.54, 1.807) is 18.4 Å². The zero-order chi connectivity index (χ0) is 15.8. The Hall–Kier alpha value is -1.25. The van der Waals surface area contributed by atoms with E-state index in [-0.39, 0.29) is 6.54 Å². The third kappa shape index (κ3) is 5.19. The van der Waals surface area contributed by atoms with Crippen LogP contribution < -0.4 is 4.72 Å². The van der Waals surface area contributed by atoms with Crippen molar-refractivity contribution in [3.8, 4) is 0 Å². The van der Waals surface area contributed by atoms with Crippen molar-refractivity contribution in [2.24, 2.45) is 0 Å². The fourth-order valence-electron chi connectivity index (χ4n) is 1.92. The van der Waals surface area contributed by atoms with Crippen molar-refractivity contribution in [1.29, 1.82) is 0 Å². The molecule has 1 aromatic carbocycles. The maximum atomic E-state index is 12.5. The largest absolute Gasteiger partial charge is 0.383 e. The van der Waals surface area contributed by atoms with Crippen LogP contribution in [0.1, 0.15) is 10.4 Å². The van der Waals surface area contributed by atoms with Crippen molar-refractivity contribution in [3.05, 3.63) is 58.3 Å². The standard InChI is InChI=1S/C15H20N2O3S2/c1-20-10-9-17(13-15-8-5-11-21-15)22(18,19)16-12-14-6-3-2-4-7-14/h2-8,11,16H,9-10,12-13H2,1H3. The number of thiophene rings is 1. The van der Waals surface area contributed by atoms with Gasteiger partial charge in [0.25, 0.3) is 10.2 Å². The van der Waals surface area contributed by atoms with E-state index in [0.29, 0.717) is 19.7 Å². The van der Waals surface area contributed by atoms with Gasteiger partial charge in [-0.25, -0.2) is 0 Å². The van der Waals surface area contributed by atoms with Crippen molar-refractivity contribution in [3.63, 3.8) is 0 Å². The number of hydrogen-bond acceptors (Lipinski definition) is 4. The highest BCUT2D eigenvalue weighted by atomic mass is 32.2. The lowest BCUT2D eigenvalue weighted by molar-refractivity contribution is 0.177. The van der Waals surface area contributed by atoms with E-state index >= 15 is 0 Å². The lowest BCUT2D eigenvalue weighted by atomic mass is 10.2. The highest BCUT2D eigenvalue weighted by molar-refractivity contribution is 7.87. The smallest absolute Gasteiger partial charge is 0.280 e. The van der Waals surface area contributed by atoms with Crippen LogP contribution in [0.4, 0.5) is 0 Å². The maximum Gasteiger partial charge on any atom is 0.280 e. The Morgan fingerprint density at radius 3 is 2.59 bits per heavy atom. The number of nitrogens with zero attached hydrogens (tertiary/aromatic N) is 1. The molecule has 0 bridgehead atoms. The third-order valence-electron chi connectivity index (χ3n) is 3.10. The Balaban J connectivity index is 2.03. The molecular weight excluding hydrogens is 320 g/mol. The van der Waals surface area contributed by atoms with Crippen molar-refractivity contribution in [2.45, 2.75) is 13.1 Å². The number of benzene rings is 1. The summed E-state index contributed by atoms with van der Waals surface area (Å²) in [7, 11) is -2.00. The molecule has 7 heteroatoms. The van der Waals surface area contributed by atoms with Gasteiger partial charge in [0.1, 0.15) is 0 Å². The second-order valence-electron chi connectivity index (χ2n) is 4.72. The molecule has 1 heterocycles. The number of nitrogens with one attached hydrogen (secondary N) is 1. The van der Waals surface area contributed by atoms with Crippen molar-refractivity contribution in [1.82, 2.24) is 9.03 Å². The summed E-state index contributed by atoms with van der Waals surface area (Å²) in [6, 6.07) is 13.3. The Morgan fingerprint density at radius 1 is 1.18 bits per heavy atom. The van der Waals surface area contributed by atoms with E-state index in [2.05, 4.69) is 4.72 Å². The Labute approximate surface area is 135 Å². The fraction of sp³-hybridized carbons (Fsp3) is 0.333. The first-order chi connectivity index (χ1) is 10.6. The van der Waals surface area contributed by atoms with Gasteiger partial charge in [-0.3, -0.25) is 0 Å². The molecule has 0 saturated carbocycles. The SMILES string of the molecule is COCCN(Cc1cccs1)S(=O)(=O)NCc1ccccc1. The molecule has 120 valence electrons. The van der Waals surface area contributed by atoms with E-state index in [0.717, 1.165) is 10.4 Å². The van der Waals surface area contributed by atoms with Gasteiger partial charge in [-0.2, -0.15) is 17.4 Å². The monoisotopic (exact) mass is 340 g/mol. The predicted molar refractivity (Wildman–Crippen MR) is 88.8 cm³/mol. The van der Waals surface area contributed by atoms with E-state index in [9.17, 15) is 8.42 Å². The summed E-state index contributed by atoms with van der Waals surface area (Å²) in [6.07, 6.45) is 0. The van der Waals surface area contributed by atoms with Crippen LogP contribution >= 0.6 is 11.3 Å². The average molecular weight is 340 g/mol. The fourth-order valence-corrected chi connectivity index (χ4v) is 3.87. The molecule has 0 atom stereocenters. The summed E-state index contributed by atoms with van der Waals surface area (Å²) in [4.78, 5) is 1.00. The first-order valence-corrected chi connectivity index (χ1v) is 9.24. The van der Waals surface area contributed by atoms with E-state index < -0.39 is 10.2 Å². The summed E-state index contributed by atoms with van der Waals surface area (Å²) in [6.45, 7) is 1.30. The van der Waals surface area contributed by atoms with Crippen molar-refractivity contribution >= 4 is 21.5 Å². The Kier molecular flexibility index (Phi) is 6.53. The molecule has 2 aromatic rings. The minimum atomic E-state index is -3.56. The average Bonchev–Trinajstić information content (AvgIpc) is 3.03. The molecule has 0 unspecified atom stereocenters. The van der Waals surface area contributed by atoms with Gasteiger partial charge in [0.05, 0.1) is 6.61 Å². The normalized spacial score (nSPS) is 11.9. The van der Waals surface area contributed by atoms with Crippen LogP contribution in [-0.4, -0.2) is 33.0 Å². The van der Waals surface area contributed by atoms with Gasteiger partial charge in [-0.15, -0.1) is 11.3 Å². The first kappa shape index (κ1) is 17.1. The molecule has 2 rings (SSSR count). The van der Waals surface area contributed by atoms with Crippen LogP contribution in [0.15, 0.2) is 47.8 Å². The molecule has 0 fully saturated rings. The van der Waals surface area contributed by atoms with Crippen LogP contribution in [0.3, 0.4) is 0 Å². The van der Waals surface area contributed by atoms with Crippen LogP contribution in [0.25, 0.3) is 0 Å². The predicted octanol–water partition coefficient (Wildman–Crippen LogP) is 2.23. The molecule has 0 aliphatic rings. The zero-order valence-corrected chi connectivity index (χ0v) is 14.1. The van der Waals surface area contributed by atoms with Crippen LogP contribution in [-0.2, 0) is 28.0 Å². The van der Waals surface area contributed by atoms with Crippen molar-refractivity contribution < 1.29 is 13.2 Å². The van der Waals surface area contributed by atoms with Crippen molar-refractivity contribution in [2.75, 3.05) is 20.3 Å². The van der Waals surface area contributed by atoms with Crippen LogP contribution in [0, 0.1) is 0 Å². The number of rotatable bonds is 9. The summed E-state index contributed by atoms with van der Waals surface area (Å²) in [5.74, 6) is 0.